The number of hydrogen-bond donors (Lipinski definition) is 0. The number of nitrogens with zero attached hydrogens (tertiary/aromatic N) is 4. The zero-order valence-corrected chi connectivity index (χ0v) is 22.9. The second-order valence-electron chi connectivity index (χ2n) is 10.4. The van der Waals surface area contributed by atoms with Crippen molar-refractivity contribution >= 4 is 32.7 Å². The molecule has 0 radical (unpaired) electrons. The van der Waals surface area contributed by atoms with Crippen LogP contribution in [-0.4, -0.2) is 15.0 Å². The van der Waals surface area contributed by atoms with Crippen molar-refractivity contribution in [3.63, 3.8) is 0 Å². The maximum Gasteiger partial charge on any atom is 0.143 e. The highest BCUT2D eigenvalue weighted by atomic mass is 16.3. The van der Waals surface area contributed by atoms with Gasteiger partial charge in [-0.2, -0.15) is 5.26 Å². The maximum absolute atomic E-state index is 9.83. The topological polar surface area (TPSA) is 75.6 Å². The quantitative estimate of drug-likeness (QED) is 0.218. The smallest absolute Gasteiger partial charge is 0.143 e. The first-order valence-electron chi connectivity index (χ1n) is 14.0. The van der Waals surface area contributed by atoms with Crippen molar-refractivity contribution in [2.24, 2.45) is 0 Å². The van der Waals surface area contributed by atoms with E-state index in [2.05, 4.69) is 70.6 Å². The number of hydrogen-bond acceptors (Lipinski definition) is 5. The van der Waals surface area contributed by atoms with E-state index in [9.17, 15) is 5.26 Å². The molecule has 200 valence electrons. The number of aromatic nitrogens is 3. The van der Waals surface area contributed by atoms with Crippen molar-refractivity contribution in [2.45, 2.75) is 0 Å². The average Bonchev–Trinajstić information content (AvgIpc) is 3.48. The molecule has 8 aromatic rings. The molecule has 8 rings (SSSR count). The van der Waals surface area contributed by atoms with E-state index in [0.29, 0.717) is 5.56 Å². The van der Waals surface area contributed by atoms with Gasteiger partial charge in [0.2, 0.25) is 0 Å². The zero-order valence-electron chi connectivity index (χ0n) is 22.9. The normalized spacial score (nSPS) is 11.2. The van der Waals surface area contributed by atoms with Gasteiger partial charge in [-0.3, -0.25) is 9.97 Å². The molecule has 4 aromatic carbocycles. The van der Waals surface area contributed by atoms with Crippen molar-refractivity contribution in [3.8, 4) is 51.1 Å². The molecule has 4 aromatic heterocycles. The first kappa shape index (κ1) is 24.7. The van der Waals surface area contributed by atoms with Crippen LogP contribution in [0.1, 0.15) is 5.56 Å². The molecule has 0 N–H and O–H groups in total. The van der Waals surface area contributed by atoms with Crippen LogP contribution in [0.5, 0.6) is 0 Å². The molecule has 0 bridgehead atoms. The minimum atomic E-state index is 0.609. The van der Waals surface area contributed by atoms with Gasteiger partial charge in [0.15, 0.2) is 0 Å². The van der Waals surface area contributed by atoms with Crippen molar-refractivity contribution < 1.29 is 4.42 Å². The van der Waals surface area contributed by atoms with Gasteiger partial charge in [0.25, 0.3) is 0 Å². The van der Waals surface area contributed by atoms with Crippen LogP contribution in [0.25, 0.3) is 77.7 Å². The number of pyridine rings is 3. The van der Waals surface area contributed by atoms with Gasteiger partial charge in [0, 0.05) is 28.6 Å². The third-order valence-corrected chi connectivity index (χ3v) is 7.83. The summed E-state index contributed by atoms with van der Waals surface area (Å²) >= 11 is 0. The second kappa shape index (κ2) is 10.1. The highest BCUT2D eigenvalue weighted by Crippen LogP contribution is 2.41. The van der Waals surface area contributed by atoms with Crippen LogP contribution < -0.4 is 0 Å². The number of rotatable bonds is 4. The summed E-state index contributed by atoms with van der Waals surface area (Å²) in [7, 11) is 0. The van der Waals surface area contributed by atoms with E-state index < -0.39 is 0 Å². The molecule has 0 fully saturated rings. The molecular formula is C38H22N4O. The Hall–Kier alpha value is -6.12. The molecule has 0 saturated heterocycles. The lowest BCUT2D eigenvalue weighted by molar-refractivity contribution is 0.672. The van der Waals surface area contributed by atoms with E-state index in [1.165, 1.54) is 0 Å². The number of furan rings is 1. The van der Waals surface area contributed by atoms with Crippen molar-refractivity contribution in [3.05, 3.63) is 139 Å². The Kier molecular flexibility index (Phi) is 5.77. The van der Waals surface area contributed by atoms with Crippen molar-refractivity contribution in [1.82, 2.24) is 15.0 Å². The summed E-state index contributed by atoms with van der Waals surface area (Å²) in [6, 6.07) is 42.8. The van der Waals surface area contributed by atoms with E-state index in [0.717, 1.165) is 77.7 Å². The minimum absolute atomic E-state index is 0.609. The molecule has 0 aliphatic rings. The summed E-state index contributed by atoms with van der Waals surface area (Å²) in [5.41, 5.74) is 9.58. The highest BCUT2D eigenvalue weighted by Gasteiger charge is 2.17. The van der Waals surface area contributed by atoms with Gasteiger partial charge in [-0.25, -0.2) is 4.98 Å². The summed E-state index contributed by atoms with van der Waals surface area (Å²) in [4.78, 5) is 14.0. The van der Waals surface area contributed by atoms with E-state index in [-0.39, 0.29) is 0 Å². The van der Waals surface area contributed by atoms with E-state index in [1.807, 2.05) is 66.7 Å². The molecule has 0 saturated carbocycles. The summed E-state index contributed by atoms with van der Waals surface area (Å²) in [5, 5.41) is 13.7. The van der Waals surface area contributed by atoms with Crippen LogP contribution in [0.2, 0.25) is 0 Å². The summed E-state index contributed by atoms with van der Waals surface area (Å²) in [6.45, 7) is 0. The number of nitriles is 1. The van der Waals surface area contributed by atoms with E-state index >= 15 is 0 Å². The third kappa shape index (κ3) is 4.21. The predicted molar refractivity (Wildman–Crippen MR) is 171 cm³/mol. The SMILES string of the molecule is N#Cc1cccc2oc3c4ccccc4c(-c4ccc(-c5cc(-c6ccccn6)nc(-c6ccccn6)c5)cc4)cc3c12. The Morgan fingerprint density at radius 3 is 1.84 bits per heavy atom. The van der Waals surface area contributed by atoms with Crippen LogP contribution in [0, 0.1) is 11.3 Å². The van der Waals surface area contributed by atoms with E-state index in [1.54, 1.807) is 12.4 Å². The first-order valence-corrected chi connectivity index (χ1v) is 14.0. The van der Waals surface area contributed by atoms with Gasteiger partial charge in [0.1, 0.15) is 11.2 Å². The molecule has 5 nitrogen and oxygen atoms in total. The molecule has 0 amide bonds. The predicted octanol–water partition coefficient (Wildman–Crippen LogP) is 9.46. The molecule has 0 aliphatic carbocycles. The number of fused-ring (bicyclic) bond motifs is 5. The standard InChI is InChI=1S/C38H22N4O/c39-23-26-8-7-13-36-37(26)31-22-30(28-9-1-2-10-29(28)38(31)43-36)25-16-14-24(15-17-25)27-20-34(32-11-3-5-18-40-32)42-35(21-27)33-12-4-6-19-41-33/h1-22H. The maximum atomic E-state index is 9.83. The summed E-state index contributed by atoms with van der Waals surface area (Å²) in [6.07, 6.45) is 3.56. The van der Waals surface area contributed by atoms with Crippen LogP contribution in [-0.2, 0) is 0 Å². The summed E-state index contributed by atoms with van der Waals surface area (Å²) in [5.74, 6) is 0. The third-order valence-electron chi connectivity index (χ3n) is 7.83. The molecule has 0 atom stereocenters. The fraction of sp³-hybridized carbons (Fsp3) is 0. The average molecular weight is 551 g/mol. The van der Waals surface area contributed by atoms with Gasteiger partial charge in [-0.05, 0) is 82.2 Å². The Labute approximate surface area is 247 Å². The van der Waals surface area contributed by atoms with Crippen LogP contribution in [0.4, 0.5) is 0 Å². The zero-order chi connectivity index (χ0) is 28.8. The second-order valence-corrected chi connectivity index (χ2v) is 10.4. The van der Waals surface area contributed by atoms with E-state index in [4.69, 9.17) is 9.40 Å². The van der Waals surface area contributed by atoms with Crippen LogP contribution >= 0.6 is 0 Å². The van der Waals surface area contributed by atoms with Gasteiger partial charge < -0.3 is 4.42 Å². The van der Waals surface area contributed by atoms with Crippen molar-refractivity contribution in [1.29, 1.82) is 5.26 Å². The van der Waals surface area contributed by atoms with Crippen molar-refractivity contribution in [2.75, 3.05) is 0 Å². The van der Waals surface area contributed by atoms with Gasteiger partial charge >= 0.3 is 0 Å². The van der Waals surface area contributed by atoms with Gasteiger partial charge in [-0.15, -0.1) is 0 Å². The minimum Gasteiger partial charge on any atom is -0.455 e. The Morgan fingerprint density at radius 1 is 0.535 bits per heavy atom. The number of benzene rings is 4. The molecule has 0 spiro atoms. The Balaban J connectivity index is 1.29. The first-order chi connectivity index (χ1) is 21.3. The lowest BCUT2D eigenvalue weighted by atomic mass is 9.93. The molecule has 0 aliphatic heterocycles. The molecular weight excluding hydrogens is 528 g/mol. The largest absolute Gasteiger partial charge is 0.455 e. The van der Waals surface area contributed by atoms with Crippen LogP contribution in [0.15, 0.2) is 138 Å². The fourth-order valence-electron chi connectivity index (χ4n) is 5.81. The summed E-state index contributed by atoms with van der Waals surface area (Å²) < 4.78 is 6.30. The molecule has 5 heteroatoms. The fourth-order valence-corrected chi connectivity index (χ4v) is 5.81. The van der Waals surface area contributed by atoms with Gasteiger partial charge in [-0.1, -0.05) is 66.7 Å². The lowest BCUT2D eigenvalue weighted by Gasteiger charge is -2.11. The monoisotopic (exact) mass is 550 g/mol. The molecule has 4 heterocycles. The van der Waals surface area contributed by atoms with Crippen LogP contribution in [0.3, 0.4) is 0 Å². The van der Waals surface area contributed by atoms with Gasteiger partial charge in [0.05, 0.1) is 34.4 Å². The Bertz CT molecular complexity index is 2280. The Morgan fingerprint density at radius 2 is 1.19 bits per heavy atom. The molecule has 43 heavy (non-hydrogen) atoms. The molecule has 0 unspecified atom stereocenters. The highest BCUT2D eigenvalue weighted by molar-refractivity contribution is 6.20. The lowest BCUT2D eigenvalue weighted by Crippen LogP contribution is -1.94.